The molecule has 98 valence electrons. The zero-order valence-corrected chi connectivity index (χ0v) is 10.4. The van der Waals surface area contributed by atoms with Gasteiger partial charge in [0.15, 0.2) is 0 Å². The molecule has 19 heavy (non-hydrogen) atoms. The Bertz CT molecular complexity index is 700. The van der Waals surface area contributed by atoms with Gasteiger partial charge in [-0.25, -0.2) is 15.3 Å². The van der Waals surface area contributed by atoms with E-state index in [1.54, 1.807) is 0 Å². The van der Waals surface area contributed by atoms with E-state index in [-0.39, 0.29) is 12.1 Å². The normalized spacial score (nSPS) is 10.7. The highest BCUT2D eigenvalue weighted by Gasteiger charge is 2.08. The van der Waals surface area contributed by atoms with Crippen molar-refractivity contribution >= 4 is 23.5 Å². The Morgan fingerprint density at radius 2 is 2.37 bits per heavy atom. The number of aromatic nitrogens is 3. The van der Waals surface area contributed by atoms with Gasteiger partial charge >= 0.3 is 5.69 Å². The van der Waals surface area contributed by atoms with Gasteiger partial charge in [-0.1, -0.05) is 6.07 Å². The Labute approximate surface area is 110 Å². The van der Waals surface area contributed by atoms with Crippen molar-refractivity contribution < 1.29 is 4.79 Å². The molecular weight excluding hydrogens is 270 g/mol. The lowest BCUT2D eigenvalue weighted by molar-refractivity contribution is -0.120. The highest BCUT2D eigenvalue weighted by molar-refractivity contribution is 7.11. The molecule has 2 heterocycles. The summed E-state index contributed by atoms with van der Waals surface area (Å²) in [4.78, 5) is 36.4. The molecule has 0 radical (unpaired) electrons. The number of carbonyl (C=O) groups excluding carboxylic acids is 1. The van der Waals surface area contributed by atoms with Crippen LogP contribution in [0.5, 0.6) is 0 Å². The van der Waals surface area contributed by atoms with Crippen molar-refractivity contribution in [3.05, 3.63) is 48.9 Å². The van der Waals surface area contributed by atoms with Crippen LogP contribution in [0, 0.1) is 0 Å². The van der Waals surface area contributed by atoms with Gasteiger partial charge in [0.05, 0.1) is 12.6 Å². The first-order valence-corrected chi connectivity index (χ1v) is 6.06. The van der Waals surface area contributed by atoms with Crippen LogP contribution >= 0.6 is 11.3 Å². The monoisotopic (exact) mass is 279 g/mol. The molecule has 0 spiro atoms. The summed E-state index contributed by atoms with van der Waals surface area (Å²) in [5.41, 5.74) is 0.772. The molecule has 0 saturated carbocycles. The van der Waals surface area contributed by atoms with Gasteiger partial charge in [0, 0.05) is 4.88 Å². The minimum atomic E-state index is -0.718. The lowest BCUT2D eigenvalue weighted by Gasteiger charge is -1.97. The van der Waals surface area contributed by atoms with Crippen LogP contribution in [0.3, 0.4) is 0 Å². The summed E-state index contributed by atoms with van der Waals surface area (Å²) < 4.78 is 0. The number of aromatic amines is 2. The lowest BCUT2D eigenvalue weighted by atomic mass is 10.3. The summed E-state index contributed by atoms with van der Waals surface area (Å²) in [5.74, 6) is -0.502. The van der Waals surface area contributed by atoms with E-state index in [1.807, 2.05) is 27.6 Å². The standard InChI is InChI=1S/C10H9N5O3S/c16-8(14-11-5-6-2-1-3-19-6)4-7-9(17)12-10(18)15-13-7/h1-3,5H,4H2,(H,14,16)(H2,12,15,17,18). The highest BCUT2D eigenvalue weighted by atomic mass is 32.1. The number of nitrogens with one attached hydrogen (secondary N) is 3. The zero-order chi connectivity index (χ0) is 13.7. The first kappa shape index (κ1) is 12.9. The predicted octanol–water partition coefficient (Wildman–Crippen LogP) is -0.787. The smallest absolute Gasteiger partial charge is 0.273 e. The van der Waals surface area contributed by atoms with Crippen molar-refractivity contribution in [2.45, 2.75) is 6.42 Å². The molecule has 1 amide bonds. The van der Waals surface area contributed by atoms with E-state index in [9.17, 15) is 14.4 Å². The molecule has 0 fully saturated rings. The maximum Gasteiger partial charge on any atom is 0.342 e. The van der Waals surface area contributed by atoms with E-state index in [1.165, 1.54) is 17.6 Å². The molecule has 0 aliphatic heterocycles. The Morgan fingerprint density at radius 3 is 3.05 bits per heavy atom. The third-order valence-electron chi connectivity index (χ3n) is 2.03. The Balaban J connectivity index is 1.94. The molecule has 0 bridgehead atoms. The van der Waals surface area contributed by atoms with Crippen LogP contribution in [0.1, 0.15) is 10.6 Å². The van der Waals surface area contributed by atoms with E-state index in [2.05, 4.69) is 15.6 Å². The fourth-order valence-corrected chi connectivity index (χ4v) is 1.80. The molecule has 0 atom stereocenters. The first-order valence-electron chi connectivity index (χ1n) is 5.18. The number of amides is 1. The van der Waals surface area contributed by atoms with Crippen LogP contribution in [0.25, 0.3) is 0 Å². The lowest BCUT2D eigenvalue weighted by Crippen LogP contribution is -2.31. The Kier molecular flexibility index (Phi) is 3.98. The van der Waals surface area contributed by atoms with Crippen LogP contribution in [-0.2, 0) is 11.2 Å². The summed E-state index contributed by atoms with van der Waals surface area (Å²) in [6, 6.07) is 3.70. The largest absolute Gasteiger partial charge is 0.342 e. The third kappa shape index (κ3) is 3.71. The fourth-order valence-electron chi connectivity index (χ4n) is 1.22. The summed E-state index contributed by atoms with van der Waals surface area (Å²) in [5, 5.41) is 11.1. The van der Waals surface area contributed by atoms with E-state index >= 15 is 0 Å². The average molecular weight is 279 g/mol. The van der Waals surface area contributed by atoms with Crippen LogP contribution in [-0.4, -0.2) is 27.3 Å². The van der Waals surface area contributed by atoms with Crippen molar-refractivity contribution in [1.82, 2.24) is 20.6 Å². The Morgan fingerprint density at radius 1 is 1.53 bits per heavy atom. The van der Waals surface area contributed by atoms with Gasteiger partial charge in [-0.05, 0) is 11.4 Å². The molecular formula is C10H9N5O3S. The maximum atomic E-state index is 11.5. The number of thiophene rings is 1. The minimum Gasteiger partial charge on any atom is -0.273 e. The van der Waals surface area contributed by atoms with Crippen molar-refractivity contribution in [2.75, 3.05) is 0 Å². The van der Waals surface area contributed by atoms with Gasteiger partial charge in [-0.3, -0.25) is 14.6 Å². The number of hydrazone groups is 1. The molecule has 0 aliphatic rings. The number of carbonyl (C=O) groups is 1. The number of hydrogen-bond acceptors (Lipinski definition) is 6. The number of rotatable bonds is 4. The van der Waals surface area contributed by atoms with Gasteiger partial charge in [-0.15, -0.1) is 11.3 Å². The second-order valence-electron chi connectivity index (χ2n) is 3.44. The minimum absolute atomic E-state index is 0.0802. The second-order valence-corrected chi connectivity index (χ2v) is 4.42. The molecule has 3 N–H and O–H groups in total. The van der Waals surface area contributed by atoms with Crippen molar-refractivity contribution in [1.29, 1.82) is 0 Å². The van der Waals surface area contributed by atoms with E-state index < -0.39 is 17.2 Å². The average Bonchev–Trinajstić information content (AvgIpc) is 2.86. The summed E-state index contributed by atoms with van der Waals surface area (Å²) in [7, 11) is 0. The van der Waals surface area contributed by atoms with Crippen molar-refractivity contribution in [2.24, 2.45) is 5.10 Å². The fraction of sp³-hybridized carbons (Fsp3) is 0.100. The van der Waals surface area contributed by atoms with Crippen LogP contribution in [0.15, 0.2) is 32.2 Å². The number of H-pyrrole nitrogens is 2. The third-order valence-corrected chi connectivity index (χ3v) is 2.84. The highest BCUT2D eigenvalue weighted by Crippen LogP contribution is 2.03. The second kappa shape index (κ2) is 5.87. The maximum absolute atomic E-state index is 11.5. The zero-order valence-electron chi connectivity index (χ0n) is 9.54. The van der Waals surface area contributed by atoms with E-state index in [0.717, 1.165) is 4.88 Å². The molecule has 2 aromatic heterocycles. The first-order chi connectivity index (χ1) is 9.15. The molecule has 8 nitrogen and oxygen atoms in total. The van der Waals surface area contributed by atoms with Crippen molar-refractivity contribution in [3.63, 3.8) is 0 Å². The molecule has 2 rings (SSSR count). The van der Waals surface area contributed by atoms with E-state index in [4.69, 9.17) is 0 Å². The molecule has 0 aliphatic carbocycles. The van der Waals surface area contributed by atoms with Gasteiger partial charge < -0.3 is 0 Å². The van der Waals surface area contributed by atoms with Crippen LogP contribution in [0.2, 0.25) is 0 Å². The Hall–Kier alpha value is -2.55. The van der Waals surface area contributed by atoms with Gasteiger partial charge in [-0.2, -0.15) is 10.2 Å². The predicted molar refractivity (Wildman–Crippen MR) is 69.2 cm³/mol. The summed E-state index contributed by atoms with van der Waals surface area (Å²) in [6.07, 6.45) is 1.22. The summed E-state index contributed by atoms with van der Waals surface area (Å²) >= 11 is 1.47. The summed E-state index contributed by atoms with van der Waals surface area (Å²) in [6.45, 7) is 0. The molecule has 0 aromatic carbocycles. The number of hydrogen-bond donors (Lipinski definition) is 3. The molecule has 2 aromatic rings. The van der Waals surface area contributed by atoms with Gasteiger partial charge in [0.2, 0.25) is 5.91 Å². The van der Waals surface area contributed by atoms with Crippen LogP contribution < -0.4 is 16.7 Å². The van der Waals surface area contributed by atoms with Crippen LogP contribution in [0.4, 0.5) is 0 Å². The van der Waals surface area contributed by atoms with Gasteiger partial charge in [0.1, 0.15) is 5.69 Å². The molecule has 9 heteroatoms. The molecule has 0 unspecified atom stereocenters. The van der Waals surface area contributed by atoms with Gasteiger partial charge in [0.25, 0.3) is 5.56 Å². The molecule has 0 saturated heterocycles. The SMILES string of the molecule is O=C(Cc1n[nH]c(=O)[nH]c1=O)NN=Cc1cccs1. The van der Waals surface area contributed by atoms with Crippen molar-refractivity contribution in [3.8, 4) is 0 Å². The van der Waals surface area contributed by atoms with E-state index in [0.29, 0.717) is 0 Å². The number of nitrogens with zero attached hydrogens (tertiary/aromatic N) is 2. The topological polar surface area (TPSA) is 120 Å². The quantitative estimate of drug-likeness (QED) is 0.502.